The molecule has 0 amide bonds. The van der Waals surface area contributed by atoms with Crippen LogP contribution >= 0.6 is 0 Å². The first kappa shape index (κ1) is 15.2. The average Bonchev–Trinajstić information content (AvgIpc) is 2.41. The Balaban J connectivity index is 2.18. The maximum Gasteiger partial charge on any atom is 0.236 e. The molecule has 0 saturated carbocycles. The molecule has 0 aliphatic carbocycles. The number of methoxy groups -OCH3 is 1. The van der Waals surface area contributed by atoms with Crippen molar-refractivity contribution in [3.63, 3.8) is 0 Å². The van der Waals surface area contributed by atoms with E-state index < -0.39 is 10.0 Å². The highest BCUT2D eigenvalue weighted by atomic mass is 32.2. The van der Waals surface area contributed by atoms with Crippen molar-refractivity contribution < 1.29 is 13.2 Å². The fraction of sp³-hybridized carbons (Fsp3) is 0.200. The smallest absolute Gasteiger partial charge is 0.236 e. The lowest BCUT2D eigenvalue weighted by Crippen LogP contribution is -2.16. The standard InChI is InChI=1S/C15H18N2O3S/c1-11-9-13(7-8-15(11)20-2)17-21(18,19)10-12-5-3-4-6-14(12)16/h3-9,17H,10,16H2,1-2H3. The van der Waals surface area contributed by atoms with Crippen LogP contribution in [0.5, 0.6) is 5.75 Å². The van der Waals surface area contributed by atoms with Crippen LogP contribution in [0.2, 0.25) is 0 Å². The van der Waals surface area contributed by atoms with Crippen molar-refractivity contribution in [2.75, 3.05) is 17.6 Å². The van der Waals surface area contributed by atoms with Gasteiger partial charge in [-0.25, -0.2) is 8.42 Å². The molecule has 112 valence electrons. The summed E-state index contributed by atoms with van der Waals surface area (Å²) in [4.78, 5) is 0. The van der Waals surface area contributed by atoms with Crippen LogP contribution in [0.4, 0.5) is 11.4 Å². The Kier molecular flexibility index (Phi) is 4.37. The number of nitrogens with two attached hydrogens (primary N) is 1. The summed E-state index contributed by atoms with van der Waals surface area (Å²) in [5.74, 6) is 0.551. The van der Waals surface area contributed by atoms with Crippen LogP contribution in [0.25, 0.3) is 0 Å². The molecule has 5 nitrogen and oxygen atoms in total. The van der Waals surface area contributed by atoms with Crippen molar-refractivity contribution in [1.29, 1.82) is 0 Å². The number of aryl methyl sites for hydroxylation is 1. The molecular formula is C15H18N2O3S. The first-order valence-corrected chi connectivity index (χ1v) is 8.05. The summed E-state index contributed by atoms with van der Waals surface area (Å²) in [7, 11) is -1.94. The highest BCUT2D eigenvalue weighted by Gasteiger charge is 2.14. The summed E-state index contributed by atoms with van der Waals surface area (Å²) in [5, 5.41) is 0. The second-order valence-corrected chi connectivity index (χ2v) is 6.47. The van der Waals surface area contributed by atoms with E-state index in [4.69, 9.17) is 10.5 Å². The highest BCUT2D eigenvalue weighted by molar-refractivity contribution is 7.91. The minimum Gasteiger partial charge on any atom is -0.496 e. The Labute approximate surface area is 124 Å². The Bertz CT molecular complexity index is 742. The number of rotatable bonds is 5. The predicted octanol–water partition coefficient (Wildman–Crippen LogP) is 2.53. The van der Waals surface area contributed by atoms with Gasteiger partial charge in [0.05, 0.1) is 12.9 Å². The lowest BCUT2D eigenvalue weighted by atomic mass is 10.2. The van der Waals surface area contributed by atoms with Gasteiger partial charge in [-0.15, -0.1) is 0 Å². The second-order valence-electron chi connectivity index (χ2n) is 4.74. The molecule has 0 spiro atoms. The largest absolute Gasteiger partial charge is 0.496 e. The average molecular weight is 306 g/mol. The quantitative estimate of drug-likeness (QED) is 0.832. The second kappa shape index (κ2) is 6.05. The molecule has 2 aromatic carbocycles. The zero-order valence-corrected chi connectivity index (χ0v) is 12.8. The molecule has 3 N–H and O–H groups in total. The van der Waals surface area contributed by atoms with Crippen molar-refractivity contribution in [3.8, 4) is 5.75 Å². The number of para-hydroxylation sites is 1. The highest BCUT2D eigenvalue weighted by Crippen LogP contribution is 2.23. The molecule has 0 unspecified atom stereocenters. The van der Waals surface area contributed by atoms with Gasteiger partial charge in [-0.05, 0) is 42.3 Å². The van der Waals surface area contributed by atoms with E-state index in [0.29, 0.717) is 22.7 Å². The van der Waals surface area contributed by atoms with E-state index in [1.807, 2.05) is 6.92 Å². The van der Waals surface area contributed by atoms with Gasteiger partial charge in [0.15, 0.2) is 0 Å². The summed E-state index contributed by atoms with van der Waals surface area (Å²) in [6, 6.07) is 12.0. The number of hydrogen-bond donors (Lipinski definition) is 2. The van der Waals surface area contributed by atoms with Gasteiger partial charge >= 0.3 is 0 Å². The van der Waals surface area contributed by atoms with Gasteiger partial charge in [0.1, 0.15) is 5.75 Å². The van der Waals surface area contributed by atoms with Gasteiger partial charge in [0, 0.05) is 11.4 Å². The first-order chi connectivity index (χ1) is 9.91. The van der Waals surface area contributed by atoms with Gasteiger partial charge in [0.2, 0.25) is 10.0 Å². The Hall–Kier alpha value is -2.21. The van der Waals surface area contributed by atoms with Gasteiger partial charge in [-0.1, -0.05) is 18.2 Å². The normalized spacial score (nSPS) is 11.1. The molecule has 0 bridgehead atoms. The summed E-state index contributed by atoms with van der Waals surface area (Å²) < 4.78 is 32.1. The number of anilines is 2. The van der Waals surface area contributed by atoms with E-state index in [1.54, 1.807) is 49.6 Å². The van der Waals surface area contributed by atoms with Gasteiger partial charge < -0.3 is 10.5 Å². The summed E-state index contributed by atoms with van der Waals surface area (Å²) in [6.07, 6.45) is 0. The number of ether oxygens (including phenoxy) is 1. The summed E-state index contributed by atoms with van der Waals surface area (Å²) in [5.41, 5.74) is 8.18. The molecule has 0 aliphatic rings. The third-order valence-corrected chi connectivity index (χ3v) is 4.31. The molecule has 0 heterocycles. The number of sulfonamides is 1. The summed E-state index contributed by atoms with van der Waals surface area (Å²) >= 11 is 0. The zero-order valence-electron chi connectivity index (χ0n) is 12.0. The SMILES string of the molecule is COc1ccc(NS(=O)(=O)Cc2ccccc2N)cc1C. The Morgan fingerprint density at radius 2 is 1.90 bits per heavy atom. The lowest BCUT2D eigenvalue weighted by molar-refractivity contribution is 0.412. The van der Waals surface area contributed by atoms with E-state index in [2.05, 4.69) is 4.72 Å². The molecule has 0 radical (unpaired) electrons. The molecule has 2 aromatic rings. The topological polar surface area (TPSA) is 81.4 Å². The molecule has 0 atom stereocenters. The van der Waals surface area contributed by atoms with E-state index in [9.17, 15) is 8.42 Å². The van der Waals surface area contributed by atoms with E-state index in [-0.39, 0.29) is 5.75 Å². The lowest BCUT2D eigenvalue weighted by Gasteiger charge is -2.11. The van der Waals surface area contributed by atoms with Crippen LogP contribution in [0, 0.1) is 6.92 Å². The molecule has 2 rings (SSSR count). The van der Waals surface area contributed by atoms with Crippen molar-refractivity contribution in [1.82, 2.24) is 0 Å². The third kappa shape index (κ3) is 3.88. The molecule has 0 aliphatic heterocycles. The van der Waals surface area contributed by atoms with Gasteiger partial charge in [-0.3, -0.25) is 4.72 Å². The number of nitrogens with one attached hydrogen (secondary N) is 1. The number of benzene rings is 2. The van der Waals surface area contributed by atoms with Crippen molar-refractivity contribution >= 4 is 21.4 Å². The van der Waals surface area contributed by atoms with E-state index in [0.717, 1.165) is 5.56 Å². The maximum atomic E-state index is 12.2. The molecule has 6 heteroatoms. The predicted molar refractivity (Wildman–Crippen MR) is 84.8 cm³/mol. The third-order valence-electron chi connectivity index (χ3n) is 3.07. The van der Waals surface area contributed by atoms with Gasteiger partial charge in [-0.2, -0.15) is 0 Å². The van der Waals surface area contributed by atoms with Crippen LogP contribution in [-0.4, -0.2) is 15.5 Å². The fourth-order valence-electron chi connectivity index (χ4n) is 2.03. The summed E-state index contributed by atoms with van der Waals surface area (Å²) in [6.45, 7) is 1.85. The molecule has 21 heavy (non-hydrogen) atoms. The zero-order chi connectivity index (χ0) is 15.5. The van der Waals surface area contributed by atoms with Crippen LogP contribution < -0.4 is 15.2 Å². The van der Waals surface area contributed by atoms with Crippen LogP contribution in [-0.2, 0) is 15.8 Å². The van der Waals surface area contributed by atoms with Crippen molar-refractivity contribution in [2.24, 2.45) is 0 Å². The van der Waals surface area contributed by atoms with E-state index >= 15 is 0 Å². The number of hydrogen-bond acceptors (Lipinski definition) is 4. The minimum atomic E-state index is -3.52. The Morgan fingerprint density at radius 3 is 2.52 bits per heavy atom. The molecular weight excluding hydrogens is 288 g/mol. The molecule has 0 fully saturated rings. The molecule has 0 saturated heterocycles. The van der Waals surface area contributed by atoms with Gasteiger partial charge in [0.25, 0.3) is 0 Å². The Morgan fingerprint density at radius 1 is 1.19 bits per heavy atom. The van der Waals surface area contributed by atoms with Crippen LogP contribution in [0.1, 0.15) is 11.1 Å². The van der Waals surface area contributed by atoms with Crippen LogP contribution in [0.15, 0.2) is 42.5 Å². The molecule has 0 aromatic heterocycles. The minimum absolute atomic E-state index is 0.162. The van der Waals surface area contributed by atoms with Crippen LogP contribution in [0.3, 0.4) is 0 Å². The maximum absolute atomic E-state index is 12.2. The number of nitrogen functional groups attached to an aromatic ring is 1. The van der Waals surface area contributed by atoms with Crippen molar-refractivity contribution in [2.45, 2.75) is 12.7 Å². The van der Waals surface area contributed by atoms with E-state index in [1.165, 1.54) is 0 Å². The first-order valence-electron chi connectivity index (χ1n) is 6.40. The monoisotopic (exact) mass is 306 g/mol. The van der Waals surface area contributed by atoms with Crippen molar-refractivity contribution in [3.05, 3.63) is 53.6 Å². The fourth-order valence-corrected chi connectivity index (χ4v) is 3.26.